The van der Waals surface area contributed by atoms with Gasteiger partial charge in [-0.15, -0.1) is 11.3 Å². The number of likely N-dealkylation sites (tertiary alicyclic amines) is 1. The number of hydrogen-bond donors (Lipinski definition) is 2. The molecule has 10 nitrogen and oxygen atoms in total. The number of nitrogens with one attached hydrogen (secondary N) is 2. The SMILES string of the molecule is COC1C[C@H](C2=N[C@@](C)(c3ccc(-c4scnc4C)cc3)C(=O)N2)N(C(=O)[C@@H](NC(=O)C2(C#N)CC2)C(C)(C)C)C1. The first-order chi connectivity index (χ1) is 19.3. The van der Waals surface area contributed by atoms with Gasteiger partial charge in [-0.3, -0.25) is 14.4 Å². The van der Waals surface area contributed by atoms with Crippen LogP contribution in [0.5, 0.6) is 0 Å². The summed E-state index contributed by atoms with van der Waals surface area (Å²) in [4.78, 5) is 52.4. The number of carbonyl (C=O) groups is 3. The highest BCUT2D eigenvalue weighted by molar-refractivity contribution is 7.13. The molecule has 0 bridgehead atoms. The topological polar surface area (TPSA) is 137 Å². The monoisotopic (exact) mass is 576 g/mol. The van der Waals surface area contributed by atoms with Crippen LogP contribution in [0.4, 0.5) is 0 Å². The fraction of sp³-hybridized carbons (Fsp3) is 0.533. The predicted octanol–water partition coefficient (Wildman–Crippen LogP) is 3.31. The number of amidine groups is 1. The van der Waals surface area contributed by atoms with E-state index in [1.165, 1.54) is 0 Å². The number of benzene rings is 1. The molecule has 4 atom stereocenters. The number of rotatable bonds is 7. The third-order valence-corrected chi connectivity index (χ3v) is 9.44. The van der Waals surface area contributed by atoms with Crippen LogP contribution in [0.3, 0.4) is 0 Å². The summed E-state index contributed by atoms with van der Waals surface area (Å²) in [7, 11) is 1.59. The first kappa shape index (κ1) is 28.9. The molecule has 41 heavy (non-hydrogen) atoms. The van der Waals surface area contributed by atoms with E-state index in [1.54, 1.807) is 30.3 Å². The molecule has 3 aliphatic rings. The van der Waals surface area contributed by atoms with Crippen LogP contribution >= 0.6 is 11.3 Å². The largest absolute Gasteiger partial charge is 0.380 e. The van der Waals surface area contributed by atoms with Crippen molar-refractivity contribution in [2.24, 2.45) is 15.8 Å². The molecule has 5 rings (SSSR count). The van der Waals surface area contributed by atoms with Crippen molar-refractivity contribution in [1.82, 2.24) is 20.5 Å². The minimum Gasteiger partial charge on any atom is -0.380 e. The molecule has 216 valence electrons. The lowest BCUT2D eigenvalue weighted by atomic mass is 9.85. The van der Waals surface area contributed by atoms with Gasteiger partial charge in [-0.1, -0.05) is 45.0 Å². The van der Waals surface area contributed by atoms with E-state index >= 15 is 0 Å². The second-order valence-corrected chi connectivity index (χ2v) is 13.3. The lowest BCUT2D eigenvalue weighted by Crippen LogP contribution is -2.58. The van der Waals surface area contributed by atoms with E-state index in [1.807, 2.05) is 57.5 Å². The van der Waals surface area contributed by atoms with Gasteiger partial charge in [0.2, 0.25) is 11.8 Å². The van der Waals surface area contributed by atoms with Crippen LogP contribution in [0.1, 0.15) is 58.2 Å². The molecular formula is C30H36N6O4S. The maximum Gasteiger partial charge on any atom is 0.257 e. The molecule has 11 heteroatoms. The molecule has 1 aromatic heterocycles. The first-order valence-electron chi connectivity index (χ1n) is 13.8. The average molecular weight is 577 g/mol. The van der Waals surface area contributed by atoms with E-state index in [0.29, 0.717) is 31.6 Å². The number of nitriles is 1. The molecule has 0 spiro atoms. The Hall–Kier alpha value is -3.62. The number of methoxy groups -OCH3 is 1. The molecule has 2 N–H and O–H groups in total. The van der Waals surface area contributed by atoms with Gasteiger partial charge in [0.05, 0.1) is 34.3 Å². The number of aromatic nitrogens is 1. The summed E-state index contributed by atoms with van der Waals surface area (Å²) in [5.41, 5.74) is 1.68. The van der Waals surface area contributed by atoms with Crippen molar-refractivity contribution >= 4 is 34.9 Å². The van der Waals surface area contributed by atoms with Gasteiger partial charge in [0.1, 0.15) is 17.3 Å². The third-order valence-electron chi connectivity index (χ3n) is 8.46. The van der Waals surface area contributed by atoms with E-state index in [0.717, 1.165) is 21.7 Å². The number of amides is 3. The zero-order valence-electron chi connectivity index (χ0n) is 24.3. The highest BCUT2D eigenvalue weighted by Gasteiger charge is 2.54. The minimum absolute atomic E-state index is 0.262. The van der Waals surface area contributed by atoms with Crippen molar-refractivity contribution in [3.8, 4) is 16.5 Å². The summed E-state index contributed by atoms with van der Waals surface area (Å²) >= 11 is 1.57. The molecule has 2 aromatic rings. The van der Waals surface area contributed by atoms with Crippen LogP contribution in [0.2, 0.25) is 0 Å². The van der Waals surface area contributed by atoms with Crippen LogP contribution in [-0.2, 0) is 24.7 Å². The Morgan fingerprint density at radius 1 is 1.27 bits per heavy atom. The summed E-state index contributed by atoms with van der Waals surface area (Å²) < 4.78 is 5.63. The number of hydrogen-bond acceptors (Lipinski definition) is 8. The van der Waals surface area contributed by atoms with Crippen LogP contribution in [0.15, 0.2) is 34.8 Å². The van der Waals surface area contributed by atoms with Crippen molar-refractivity contribution in [2.45, 2.75) is 77.6 Å². The van der Waals surface area contributed by atoms with Crippen molar-refractivity contribution in [1.29, 1.82) is 5.26 Å². The minimum atomic E-state index is -1.17. The summed E-state index contributed by atoms with van der Waals surface area (Å²) in [6, 6.07) is 8.45. The highest BCUT2D eigenvalue weighted by atomic mass is 32.1. The summed E-state index contributed by atoms with van der Waals surface area (Å²) in [5, 5.41) is 15.3. The molecule has 1 saturated carbocycles. The second kappa shape index (κ2) is 10.3. The fourth-order valence-electron chi connectivity index (χ4n) is 5.51. The molecule has 1 saturated heterocycles. The lowest BCUT2D eigenvalue weighted by Gasteiger charge is -2.36. The molecule has 1 aliphatic carbocycles. The van der Waals surface area contributed by atoms with Crippen LogP contribution in [0.25, 0.3) is 10.4 Å². The summed E-state index contributed by atoms with van der Waals surface area (Å²) in [6.45, 7) is 9.66. The molecule has 1 unspecified atom stereocenters. The van der Waals surface area contributed by atoms with Crippen molar-refractivity contribution in [3.05, 3.63) is 41.0 Å². The number of ether oxygens (including phenoxy) is 1. The number of aliphatic imine (C=N–C) groups is 1. The summed E-state index contributed by atoms with van der Waals surface area (Å²) in [5.74, 6) is -0.572. The Balaban J connectivity index is 1.42. The third kappa shape index (κ3) is 5.15. The maximum atomic E-state index is 14.1. The predicted molar refractivity (Wildman–Crippen MR) is 155 cm³/mol. The summed E-state index contributed by atoms with van der Waals surface area (Å²) in [6.07, 6.45) is 1.17. The number of thiazole rings is 1. The zero-order chi connectivity index (χ0) is 29.7. The molecule has 1 aromatic carbocycles. The van der Waals surface area contributed by atoms with Crippen molar-refractivity contribution in [3.63, 3.8) is 0 Å². The number of aryl methyl sites for hydroxylation is 1. The van der Waals surface area contributed by atoms with Gasteiger partial charge in [0.15, 0.2) is 5.54 Å². The average Bonchev–Trinajstić information content (AvgIpc) is 3.26. The molecule has 0 radical (unpaired) electrons. The van der Waals surface area contributed by atoms with E-state index < -0.39 is 34.4 Å². The fourth-order valence-corrected chi connectivity index (χ4v) is 6.32. The smallest absolute Gasteiger partial charge is 0.257 e. The zero-order valence-corrected chi connectivity index (χ0v) is 25.1. The molecular weight excluding hydrogens is 540 g/mol. The quantitative estimate of drug-likeness (QED) is 0.519. The highest BCUT2D eigenvalue weighted by Crippen LogP contribution is 2.45. The molecule has 3 amide bonds. The van der Waals surface area contributed by atoms with E-state index in [4.69, 9.17) is 9.73 Å². The molecule has 2 aliphatic heterocycles. The molecule has 2 fully saturated rings. The maximum absolute atomic E-state index is 14.1. The Labute approximate surface area is 244 Å². The Morgan fingerprint density at radius 3 is 2.49 bits per heavy atom. The van der Waals surface area contributed by atoms with Crippen molar-refractivity contribution < 1.29 is 19.1 Å². The van der Waals surface area contributed by atoms with Crippen LogP contribution < -0.4 is 10.6 Å². The van der Waals surface area contributed by atoms with E-state index in [-0.39, 0.29) is 17.9 Å². The first-order valence-corrected chi connectivity index (χ1v) is 14.7. The Morgan fingerprint density at radius 2 is 1.95 bits per heavy atom. The number of carbonyl (C=O) groups excluding carboxylic acids is 3. The normalized spacial score (nSPS) is 25.7. The lowest BCUT2D eigenvalue weighted by molar-refractivity contribution is -0.140. The standard InChI is InChI=1S/C30H36N6O4S/c1-17-22(41-16-32-17)18-7-9-19(10-8-18)29(5)26(38)34-24(35-29)21-13-20(40-6)14-36(21)25(37)23(28(2,3)4)33-27(39)30(15-31)11-12-30/h7-10,16,20-21,23H,11-14H2,1-6H3,(H,33,39)(H,34,35,38)/t20?,21-,23-,29+/m1/s1. The van der Waals surface area contributed by atoms with Gasteiger partial charge < -0.3 is 20.3 Å². The Kier molecular flexibility index (Phi) is 7.28. The molecule has 3 heterocycles. The second-order valence-electron chi connectivity index (χ2n) is 12.4. The Bertz CT molecular complexity index is 1450. The van der Waals surface area contributed by atoms with Gasteiger partial charge in [-0.2, -0.15) is 5.26 Å². The van der Waals surface area contributed by atoms with Crippen LogP contribution in [0, 0.1) is 29.1 Å². The van der Waals surface area contributed by atoms with Gasteiger partial charge in [0.25, 0.3) is 5.91 Å². The van der Waals surface area contributed by atoms with E-state index in [9.17, 15) is 19.6 Å². The van der Waals surface area contributed by atoms with Gasteiger partial charge >= 0.3 is 0 Å². The van der Waals surface area contributed by atoms with Crippen molar-refractivity contribution in [2.75, 3.05) is 13.7 Å². The van der Waals surface area contributed by atoms with Gasteiger partial charge in [-0.05, 0) is 43.2 Å². The van der Waals surface area contributed by atoms with Crippen LogP contribution in [-0.4, -0.2) is 65.3 Å². The van der Waals surface area contributed by atoms with Gasteiger partial charge in [-0.25, -0.2) is 9.98 Å². The number of nitrogens with zero attached hydrogens (tertiary/aromatic N) is 4. The van der Waals surface area contributed by atoms with Gasteiger partial charge in [0, 0.05) is 20.1 Å². The van der Waals surface area contributed by atoms with E-state index in [2.05, 4.69) is 21.7 Å².